The maximum atomic E-state index is 12.6. The molecule has 0 bridgehead atoms. The van der Waals surface area contributed by atoms with E-state index in [9.17, 15) is 23.1 Å². The van der Waals surface area contributed by atoms with Crippen LogP contribution in [0.15, 0.2) is 51.6 Å². The van der Waals surface area contributed by atoms with Crippen LogP contribution in [0.5, 0.6) is 0 Å². The van der Waals surface area contributed by atoms with Crippen molar-refractivity contribution in [2.45, 2.75) is 34.4 Å². The number of sulfone groups is 1. The van der Waals surface area contributed by atoms with Crippen molar-refractivity contribution in [3.05, 3.63) is 47.3 Å². The first-order valence-electron chi connectivity index (χ1n) is 7.83. The summed E-state index contributed by atoms with van der Waals surface area (Å²) in [7, 11) is -3.66. The van der Waals surface area contributed by atoms with Crippen LogP contribution in [0.25, 0.3) is 0 Å². The Kier molecular flexibility index (Phi) is 4.91. The molecule has 1 saturated carbocycles. The Hall–Kier alpha value is -2.19. The lowest BCUT2D eigenvalue weighted by atomic mass is 10.0. The lowest BCUT2D eigenvalue weighted by molar-refractivity contribution is -0.142. The summed E-state index contributed by atoms with van der Waals surface area (Å²) < 4.78 is 25.2. The van der Waals surface area contributed by atoms with Gasteiger partial charge < -0.3 is 10.4 Å². The van der Waals surface area contributed by atoms with Gasteiger partial charge in [0.1, 0.15) is 4.21 Å². The number of rotatable bonds is 5. The van der Waals surface area contributed by atoms with Crippen molar-refractivity contribution in [1.29, 1.82) is 0 Å². The van der Waals surface area contributed by atoms with Gasteiger partial charge in [-0.3, -0.25) is 9.59 Å². The second kappa shape index (κ2) is 6.97. The molecule has 0 unspecified atom stereocenters. The molecule has 0 radical (unpaired) electrons. The van der Waals surface area contributed by atoms with Gasteiger partial charge >= 0.3 is 5.97 Å². The summed E-state index contributed by atoms with van der Waals surface area (Å²) in [6.45, 7) is 0. The molecule has 6 nitrogen and oxygen atoms in total. The van der Waals surface area contributed by atoms with E-state index in [-0.39, 0.29) is 14.0 Å². The summed E-state index contributed by atoms with van der Waals surface area (Å²) in [6.07, 6.45) is 1.90. The fourth-order valence-corrected chi connectivity index (χ4v) is 5.60. The number of aliphatic carboxylic acids is 1. The van der Waals surface area contributed by atoms with E-state index in [1.165, 1.54) is 24.3 Å². The molecule has 132 valence electrons. The third-order valence-corrected chi connectivity index (χ3v) is 7.62. The SMILES string of the molecule is O=C(N[C@H]1CCC[C@H]1C(=O)O)c1ccc(S(=O)(=O)c2ccccc2)s1. The van der Waals surface area contributed by atoms with Crippen molar-refractivity contribution in [3.63, 3.8) is 0 Å². The van der Waals surface area contributed by atoms with E-state index in [1.54, 1.807) is 18.2 Å². The van der Waals surface area contributed by atoms with Crippen LogP contribution in [0.1, 0.15) is 28.9 Å². The quantitative estimate of drug-likeness (QED) is 0.831. The zero-order valence-corrected chi connectivity index (χ0v) is 14.8. The van der Waals surface area contributed by atoms with E-state index in [2.05, 4.69) is 5.32 Å². The lowest BCUT2D eigenvalue weighted by Crippen LogP contribution is -2.39. The molecule has 25 heavy (non-hydrogen) atoms. The van der Waals surface area contributed by atoms with Crippen LogP contribution >= 0.6 is 11.3 Å². The first-order valence-corrected chi connectivity index (χ1v) is 10.1. The summed E-state index contributed by atoms with van der Waals surface area (Å²) in [5.74, 6) is -1.93. The van der Waals surface area contributed by atoms with Crippen LogP contribution in [0.4, 0.5) is 0 Å². The van der Waals surface area contributed by atoms with Crippen molar-refractivity contribution in [2.24, 2.45) is 5.92 Å². The number of hydrogen-bond acceptors (Lipinski definition) is 5. The normalized spacial score (nSPS) is 20.3. The summed E-state index contributed by atoms with van der Waals surface area (Å²) >= 11 is 0.888. The van der Waals surface area contributed by atoms with Gasteiger partial charge in [-0.05, 0) is 37.1 Å². The van der Waals surface area contributed by atoms with Crippen molar-refractivity contribution in [3.8, 4) is 0 Å². The Morgan fingerprint density at radius 3 is 2.48 bits per heavy atom. The van der Waals surface area contributed by atoms with Gasteiger partial charge in [-0.15, -0.1) is 11.3 Å². The van der Waals surface area contributed by atoms with Gasteiger partial charge in [-0.25, -0.2) is 8.42 Å². The number of carboxylic acids is 1. The third kappa shape index (κ3) is 3.59. The first-order chi connectivity index (χ1) is 11.9. The molecule has 8 heteroatoms. The number of benzene rings is 1. The van der Waals surface area contributed by atoms with E-state index < -0.39 is 33.7 Å². The molecule has 2 N–H and O–H groups in total. The van der Waals surface area contributed by atoms with E-state index in [4.69, 9.17) is 0 Å². The minimum Gasteiger partial charge on any atom is -0.481 e. The number of carboxylic acid groups (broad SMARTS) is 1. The molecule has 0 saturated heterocycles. The number of carbonyl (C=O) groups excluding carboxylic acids is 1. The van der Waals surface area contributed by atoms with Crippen LogP contribution in [0.2, 0.25) is 0 Å². The van der Waals surface area contributed by atoms with E-state index in [1.807, 2.05) is 0 Å². The predicted octanol–water partition coefficient (Wildman–Crippen LogP) is 2.56. The molecule has 2 aromatic rings. The molecular weight excluding hydrogens is 362 g/mol. The molecule has 1 amide bonds. The van der Waals surface area contributed by atoms with Crippen LogP contribution in [0.3, 0.4) is 0 Å². The minimum atomic E-state index is -3.66. The Bertz CT molecular complexity index is 889. The molecule has 1 heterocycles. The van der Waals surface area contributed by atoms with Crippen LogP contribution in [0, 0.1) is 5.92 Å². The van der Waals surface area contributed by atoms with Crippen molar-refractivity contribution in [1.82, 2.24) is 5.32 Å². The predicted molar refractivity (Wildman–Crippen MR) is 92.4 cm³/mol. The highest BCUT2D eigenvalue weighted by Crippen LogP contribution is 2.29. The standard InChI is InChI=1S/C17H17NO5S2/c19-16(18-13-8-4-7-12(13)17(20)21)14-9-10-15(24-14)25(22,23)11-5-2-1-3-6-11/h1-3,5-6,9-10,12-13H,4,7-8H2,(H,18,19)(H,20,21)/t12-,13+/m1/s1. The molecule has 1 aromatic carbocycles. The van der Waals surface area contributed by atoms with Gasteiger partial charge in [0.25, 0.3) is 5.91 Å². The van der Waals surface area contributed by atoms with Crippen molar-refractivity contribution >= 4 is 33.1 Å². The van der Waals surface area contributed by atoms with Crippen LogP contribution in [-0.2, 0) is 14.6 Å². The number of thiophene rings is 1. The maximum absolute atomic E-state index is 12.6. The molecule has 3 rings (SSSR count). The fraction of sp³-hybridized carbons (Fsp3) is 0.294. The molecule has 1 aliphatic carbocycles. The monoisotopic (exact) mass is 379 g/mol. The lowest BCUT2D eigenvalue weighted by Gasteiger charge is -2.16. The summed E-state index contributed by atoms with van der Waals surface area (Å²) in [5.41, 5.74) is 0. The largest absolute Gasteiger partial charge is 0.481 e. The van der Waals surface area contributed by atoms with Gasteiger partial charge in [0.05, 0.1) is 15.7 Å². The summed E-state index contributed by atoms with van der Waals surface area (Å²) in [6, 6.07) is 10.5. The highest BCUT2D eigenvalue weighted by atomic mass is 32.2. The van der Waals surface area contributed by atoms with Crippen molar-refractivity contribution in [2.75, 3.05) is 0 Å². The highest BCUT2D eigenvalue weighted by molar-refractivity contribution is 7.93. The maximum Gasteiger partial charge on any atom is 0.308 e. The van der Waals surface area contributed by atoms with Gasteiger partial charge in [-0.1, -0.05) is 24.6 Å². The number of hydrogen-bond donors (Lipinski definition) is 2. The Balaban J connectivity index is 1.77. The third-order valence-electron chi connectivity index (χ3n) is 4.27. The Morgan fingerprint density at radius 1 is 1.08 bits per heavy atom. The van der Waals surface area contributed by atoms with Crippen LogP contribution in [-0.4, -0.2) is 31.4 Å². The van der Waals surface area contributed by atoms with E-state index >= 15 is 0 Å². The summed E-state index contributed by atoms with van der Waals surface area (Å²) in [4.78, 5) is 24.0. The smallest absolute Gasteiger partial charge is 0.308 e. The zero-order valence-electron chi connectivity index (χ0n) is 13.2. The van der Waals surface area contributed by atoms with Gasteiger partial charge in [0.15, 0.2) is 0 Å². The second-order valence-electron chi connectivity index (χ2n) is 5.89. The molecule has 1 fully saturated rings. The minimum absolute atomic E-state index is 0.0880. The van der Waals surface area contributed by atoms with Gasteiger partial charge in [0, 0.05) is 6.04 Å². The van der Waals surface area contributed by atoms with Crippen LogP contribution < -0.4 is 5.32 Å². The Morgan fingerprint density at radius 2 is 1.80 bits per heavy atom. The summed E-state index contributed by atoms with van der Waals surface area (Å²) in [5, 5.41) is 11.9. The van der Waals surface area contributed by atoms with E-state index in [0.717, 1.165) is 17.8 Å². The van der Waals surface area contributed by atoms with Gasteiger partial charge in [-0.2, -0.15) is 0 Å². The first kappa shape index (κ1) is 17.6. The number of carbonyl (C=O) groups is 2. The molecule has 1 aliphatic rings. The average molecular weight is 379 g/mol. The number of nitrogens with one attached hydrogen (secondary N) is 1. The molecule has 1 aromatic heterocycles. The Labute approximate surface area is 149 Å². The fourth-order valence-electron chi connectivity index (χ4n) is 2.97. The topological polar surface area (TPSA) is 101 Å². The molecule has 2 atom stereocenters. The zero-order chi connectivity index (χ0) is 18.0. The average Bonchev–Trinajstić information content (AvgIpc) is 3.25. The van der Waals surface area contributed by atoms with E-state index in [0.29, 0.717) is 12.8 Å². The van der Waals surface area contributed by atoms with Gasteiger partial charge in [0.2, 0.25) is 9.84 Å². The molecule has 0 aliphatic heterocycles. The molecule has 0 spiro atoms. The second-order valence-corrected chi connectivity index (χ2v) is 9.15. The van der Waals surface area contributed by atoms with Crippen molar-refractivity contribution < 1.29 is 23.1 Å². The highest BCUT2D eigenvalue weighted by Gasteiger charge is 2.34. The molecular formula is C17H17NO5S2. The number of amides is 1.